The first kappa shape index (κ1) is 20.0. The molecule has 0 fully saturated rings. The van der Waals surface area contributed by atoms with Gasteiger partial charge in [0.05, 0.1) is 0 Å². The minimum absolute atomic E-state index is 0.161. The Hall–Kier alpha value is -3.74. The van der Waals surface area contributed by atoms with Crippen LogP contribution in [0.5, 0.6) is 5.75 Å². The van der Waals surface area contributed by atoms with E-state index in [0.717, 1.165) is 6.07 Å². The molecule has 1 N–H and O–H groups in total. The van der Waals surface area contributed by atoms with E-state index in [-0.39, 0.29) is 5.75 Å². The lowest BCUT2D eigenvalue weighted by molar-refractivity contribution is -0.156. The second-order valence-corrected chi connectivity index (χ2v) is 6.02. The third kappa shape index (κ3) is 5.87. The molecule has 0 unspecified atom stereocenters. The quantitative estimate of drug-likeness (QED) is 0.605. The maximum absolute atomic E-state index is 13.2. The molecule has 3 aromatic rings. The van der Waals surface area contributed by atoms with Crippen LogP contribution in [-0.2, 0) is 14.3 Å². The number of amides is 1. The van der Waals surface area contributed by atoms with E-state index in [1.54, 1.807) is 30.3 Å². The van der Waals surface area contributed by atoms with Gasteiger partial charge < -0.3 is 14.8 Å². The van der Waals surface area contributed by atoms with Crippen LogP contribution in [0.15, 0.2) is 78.9 Å². The summed E-state index contributed by atoms with van der Waals surface area (Å²) in [4.78, 5) is 24.9. The Morgan fingerprint density at radius 1 is 0.862 bits per heavy atom. The summed E-state index contributed by atoms with van der Waals surface area (Å²) in [6, 6.07) is 18.9. The highest BCUT2D eigenvalue weighted by atomic mass is 19.1. The van der Waals surface area contributed by atoms with Gasteiger partial charge >= 0.3 is 5.97 Å². The standard InChI is InChI=1S/C22H17F2NO4/c23-16-9-11-18(12-10-16)25-22(27)21(15-5-2-1-3-6-15)29-20(26)14-28-19-8-4-7-17(24)13-19/h1-13,21H,14H2,(H,25,27)/t21-/m1/s1. The number of rotatable bonds is 7. The molecule has 0 bridgehead atoms. The van der Waals surface area contributed by atoms with Gasteiger partial charge in [0, 0.05) is 17.3 Å². The highest BCUT2D eigenvalue weighted by molar-refractivity contribution is 5.96. The van der Waals surface area contributed by atoms with Crippen LogP contribution in [0.1, 0.15) is 11.7 Å². The molecule has 3 rings (SSSR count). The molecule has 0 spiro atoms. The maximum Gasteiger partial charge on any atom is 0.345 e. The van der Waals surface area contributed by atoms with E-state index in [1.807, 2.05) is 0 Å². The molecule has 3 aromatic carbocycles. The number of halogens is 2. The molecule has 29 heavy (non-hydrogen) atoms. The molecule has 148 valence electrons. The SMILES string of the molecule is O=C(COc1cccc(F)c1)O[C@@H](C(=O)Nc1ccc(F)cc1)c1ccccc1. The predicted octanol–water partition coefficient (Wildman–Crippen LogP) is 4.27. The summed E-state index contributed by atoms with van der Waals surface area (Å²) in [7, 11) is 0. The average molecular weight is 397 g/mol. The fourth-order valence-electron chi connectivity index (χ4n) is 2.51. The molecular formula is C22H17F2NO4. The zero-order chi connectivity index (χ0) is 20.6. The fourth-order valence-corrected chi connectivity index (χ4v) is 2.51. The van der Waals surface area contributed by atoms with Gasteiger partial charge in [-0.15, -0.1) is 0 Å². The first-order chi connectivity index (χ1) is 14.0. The highest BCUT2D eigenvalue weighted by Gasteiger charge is 2.25. The lowest BCUT2D eigenvalue weighted by Gasteiger charge is -2.18. The minimum Gasteiger partial charge on any atom is -0.482 e. The number of nitrogens with one attached hydrogen (secondary N) is 1. The Balaban J connectivity index is 1.69. The van der Waals surface area contributed by atoms with E-state index >= 15 is 0 Å². The van der Waals surface area contributed by atoms with Crippen LogP contribution in [0, 0.1) is 11.6 Å². The average Bonchev–Trinajstić information content (AvgIpc) is 2.73. The van der Waals surface area contributed by atoms with Crippen LogP contribution in [0.2, 0.25) is 0 Å². The van der Waals surface area contributed by atoms with E-state index in [4.69, 9.17) is 9.47 Å². The minimum atomic E-state index is -1.25. The Labute approximate surface area is 165 Å². The van der Waals surface area contributed by atoms with E-state index in [0.29, 0.717) is 11.3 Å². The third-order valence-corrected chi connectivity index (χ3v) is 3.85. The van der Waals surface area contributed by atoms with Gasteiger partial charge in [-0.3, -0.25) is 4.79 Å². The second kappa shape index (κ2) is 9.45. The molecule has 0 heterocycles. The largest absolute Gasteiger partial charge is 0.482 e. The Bertz CT molecular complexity index is 978. The molecule has 7 heteroatoms. The van der Waals surface area contributed by atoms with Crippen LogP contribution in [0.4, 0.5) is 14.5 Å². The molecule has 0 radical (unpaired) electrons. The van der Waals surface area contributed by atoms with E-state index in [2.05, 4.69) is 5.32 Å². The molecule has 0 aliphatic heterocycles. The number of ether oxygens (including phenoxy) is 2. The molecular weight excluding hydrogens is 380 g/mol. The van der Waals surface area contributed by atoms with Gasteiger partial charge in [0.1, 0.15) is 17.4 Å². The number of esters is 1. The van der Waals surface area contributed by atoms with Crippen molar-refractivity contribution in [3.63, 3.8) is 0 Å². The number of anilines is 1. The van der Waals surface area contributed by atoms with E-state index in [1.165, 1.54) is 42.5 Å². The van der Waals surface area contributed by atoms with Gasteiger partial charge in [-0.1, -0.05) is 36.4 Å². The van der Waals surface area contributed by atoms with Crippen LogP contribution < -0.4 is 10.1 Å². The highest BCUT2D eigenvalue weighted by Crippen LogP contribution is 2.21. The zero-order valence-corrected chi connectivity index (χ0v) is 15.2. The summed E-state index contributed by atoms with van der Waals surface area (Å²) in [6.45, 7) is -0.503. The lowest BCUT2D eigenvalue weighted by atomic mass is 10.1. The molecule has 0 aromatic heterocycles. The zero-order valence-electron chi connectivity index (χ0n) is 15.2. The van der Waals surface area contributed by atoms with Gasteiger partial charge in [-0.05, 0) is 36.4 Å². The van der Waals surface area contributed by atoms with Crippen molar-refractivity contribution in [1.29, 1.82) is 0 Å². The number of hydrogen-bond donors (Lipinski definition) is 1. The molecule has 5 nitrogen and oxygen atoms in total. The molecule has 0 aliphatic carbocycles. The summed E-state index contributed by atoms with van der Waals surface area (Å²) in [5.41, 5.74) is 0.801. The van der Waals surface area contributed by atoms with Crippen LogP contribution in [0.3, 0.4) is 0 Å². The van der Waals surface area contributed by atoms with Crippen molar-refractivity contribution in [3.05, 3.63) is 96.1 Å². The van der Waals surface area contributed by atoms with Gasteiger partial charge in [0.15, 0.2) is 6.61 Å². The van der Waals surface area contributed by atoms with Crippen LogP contribution >= 0.6 is 0 Å². The Morgan fingerprint density at radius 3 is 2.28 bits per heavy atom. The second-order valence-electron chi connectivity index (χ2n) is 6.02. The summed E-state index contributed by atoms with van der Waals surface area (Å²) in [5, 5.41) is 2.58. The summed E-state index contributed by atoms with van der Waals surface area (Å²) >= 11 is 0. The summed E-state index contributed by atoms with van der Waals surface area (Å²) in [6.07, 6.45) is -1.25. The monoisotopic (exact) mass is 397 g/mol. The van der Waals surface area contributed by atoms with Gasteiger partial charge in [-0.25, -0.2) is 13.6 Å². The first-order valence-corrected chi connectivity index (χ1v) is 8.70. The van der Waals surface area contributed by atoms with Crippen molar-refractivity contribution >= 4 is 17.6 Å². The van der Waals surface area contributed by atoms with Crippen molar-refractivity contribution in [1.82, 2.24) is 0 Å². The topological polar surface area (TPSA) is 64.6 Å². The van der Waals surface area contributed by atoms with Crippen molar-refractivity contribution in [2.45, 2.75) is 6.10 Å². The van der Waals surface area contributed by atoms with E-state index < -0.39 is 36.2 Å². The van der Waals surface area contributed by atoms with Crippen molar-refractivity contribution < 1.29 is 27.8 Å². The number of benzene rings is 3. The fraction of sp³-hybridized carbons (Fsp3) is 0.0909. The van der Waals surface area contributed by atoms with Crippen molar-refractivity contribution in [2.24, 2.45) is 0 Å². The van der Waals surface area contributed by atoms with Gasteiger partial charge in [-0.2, -0.15) is 0 Å². The molecule has 0 aliphatic rings. The maximum atomic E-state index is 13.2. The lowest BCUT2D eigenvalue weighted by Crippen LogP contribution is -2.28. The molecule has 1 atom stereocenters. The summed E-state index contributed by atoms with van der Waals surface area (Å²) < 4.78 is 36.7. The number of hydrogen-bond acceptors (Lipinski definition) is 4. The predicted molar refractivity (Wildman–Crippen MR) is 102 cm³/mol. The Morgan fingerprint density at radius 2 is 1.59 bits per heavy atom. The molecule has 1 amide bonds. The Kier molecular flexibility index (Phi) is 6.52. The van der Waals surface area contributed by atoms with Gasteiger partial charge in [0.25, 0.3) is 5.91 Å². The van der Waals surface area contributed by atoms with Crippen molar-refractivity contribution in [3.8, 4) is 5.75 Å². The van der Waals surface area contributed by atoms with E-state index in [9.17, 15) is 18.4 Å². The van der Waals surface area contributed by atoms with Gasteiger partial charge in [0.2, 0.25) is 6.10 Å². The number of carbonyl (C=O) groups excluding carboxylic acids is 2. The van der Waals surface area contributed by atoms with Crippen LogP contribution in [-0.4, -0.2) is 18.5 Å². The number of carbonyl (C=O) groups is 2. The first-order valence-electron chi connectivity index (χ1n) is 8.70. The smallest absolute Gasteiger partial charge is 0.345 e. The van der Waals surface area contributed by atoms with Crippen LogP contribution in [0.25, 0.3) is 0 Å². The molecule has 0 saturated heterocycles. The normalized spacial score (nSPS) is 11.4. The third-order valence-electron chi connectivity index (χ3n) is 3.85. The summed E-state index contributed by atoms with van der Waals surface area (Å²) in [5.74, 6) is -2.20. The van der Waals surface area contributed by atoms with Crippen molar-refractivity contribution in [2.75, 3.05) is 11.9 Å². The molecule has 0 saturated carbocycles.